The number of nitrogens with one attached hydrogen (secondary N) is 1. The Morgan fingerprint density at radius 1 is 1.09 bits per heavy atom. The van der Waals surface area contributed by atoms with Gasteiger partial charge >= 0.3 is 0 Å². The molecule has 3 saturated carbocycles. The molecule has 192 valence electrons. The number of ketones is 1. The molecule has 0 heterocycles. The third-order valence-electron chi connectivity index (χ3n) is 9.38. The minimum atomic E-state index is -4.02. The molecule has 5 rings (SSSR count). The van der Waals surface area contributed by atoms with Crippen LogP contribution in [0.3, 0.4) is 0 Å². The maximum absolute atomic E-state index is 12.5. The van der Waals surface area contributed by atoms with E-state index in [0.29, 0.717) is 28.3 Å². The van der Waals surface area contributed by atoms with Crippen molar-refractivity contribution in [3.63, 3.8) is 0 Å². The second-order valence-electron chi connectivity index (χ2n) is 11.3. The molecule has 0 amide bonds. The maximum Gasteiger partial charge on any atom is 0.294 e. The van der Waals surface area contributed by atoms with Gasteiger partial charge in [-0.15, -0.1) is 0 Å². The van der Waals surface area contributed by atoms with Gasteiger partial charge in [-0.3, -0.25) is 14.8 Å². The Bertz CT molecular complexity index is 1130. The van der Waals surface area contributed by atoms with Crippen LogP contribution < -0.4 is 5.73 Å². The zero-order valence-electron chi connectivity index (χ0n) is 20.9. The fraction of sp³-hybridized carbons (Fsp3) is 0.630. The van der Waals surface area contributed by atoms with Gasteiger partial charge in [0.2, 0.25) is 0 Å². The van der Waals surface area contributed by atoms with E-state index in [1.54, 1.807) is 29.5 Å². The van der Waals surface area contributed by atoms with Crippen molar-refractivity contribution in [3.8, 4) is 0 Å². The highest BCUT2D eigenvalue weighted by Gasteiger charge is 2.58. The van der Waals surface area contributed by atoms with E-state index in [2.05, 4.69) is 19.9 Å². The van der Waals surface area contributed by atoms with Crippen LogP contribution in [-0.4, -0.2) is 29.2 Å². The molecule has 0 aromatic heterocycles. The second kappa shape index (κ2) is 9.67. The number of carbonyl (C=O) groups excluding carboxylic acids is 1. The van der Waals surface area contributed by atoms with Gasteiger partial charge in [-0.2, -0.15) is 8.42 Å². The Morgan fingerprint density at radius 2 is 1.71 bits per heavy atom. The van der Waals surface area contributed by atoms with Crippen LogP contribution in [-0.2, 0) is 14.9 Å². The minimum Gasteiger partial charge on any atom is -0.379 e. The molecular formula is C27H38N2O4S2. The Labute approximate surface area is 213 Å². The molecule has 4 aliphatic carbocycles. The summed E-state index contributed by atoms with van der Waals surface area (Å²) in [6.45, 7) is 6.59. The van der Waals surface area contributed by atoms with Crippen molar-refractivity contribution >= 4 is 32.8 Å². The number of nitrogens with two attached hydrogens (primary N) is 1. The largest absolute Gasteiger partial charge is 0.379 e. The van der Waals surface area contributed by atoms with E-state index in [0.717, 1.165) is 37.2 Å². The first kappa shape index (κ1) is 26.4. The molecule has 8 heteroatoms. The van der Waals surface area contributed by atoms with E-state index in [1.807, 2.05) is 6.92 Å². The van der Waals surface area contributed by atoms with Gasteiger partial charge in [-0.1, -0.05) is 55.0 Å². The fourth-order valence-corrected chi connectivity index (χ4v) is 8.73. The Morgan fingerprint density at radius 3 is 2.34 bits per heavy atom. The van der Waals surface area contributed by atoms with Crippen molar-refractivity contribution in [2.75, 3.05) is 0 Å². The van der Waals surface area contributed by atoms with E-state index in [4.69, 9.17) is 15.7 Å². The zero-order valence-corrected chi connectivity index (χ0v) is 22.6. The summed E-state index contributed by atoms with van der Waals surface area (Å²) >= 11 is 1.55. The van der Waals surface area contributed by atoms with Crippen LogP contribution in [0.25, 0.3) is 0 Å². The topological polar surface area (TPSA) is 121 Å². The number of fused-ring (bicyclic) bond motifs is 5. The molecule has 0 saturated heterocycles. The SMILES string of the molecule is CC12CCC3C(CC=C4CC(SC(=N)N)CCC43C)C1CCC2=O.Cc1ccc(S(=O)(=O)O)cc1. The molecule has 6 unspecified atom stereocenters. The number of Topliss-reactive ketones (excluding diaryl/α,β-unsaturated/α-hetero) is 1. The van der Waals surface area contributed by atoms with Crippen LogP contribution in [0, 0.1) is 40.9 Å². The summed E-state index contributed by atoms with van der Waals surface area (Å²) in [4.78, 5) is 12.4. The Hall–Kier alpha value is -1.64. The lowest BCUT2D eigenvalue weighted by Crippen LogP contribution is -2.50. The van der Waals surface area contributed by atoms with Gasteiger partial charge in [0.25, 0.3) is 10.1 Å². The van der Waals surface area contributed by atoms with Crippen molar-refractivity contribution in [1.82, 2.24) is 0 Å². The lowest BCUT2D eigenvalue weighted by atomic mass is 9.48. The maximum atomic E-state index is 12.5. The summed E-state index contributed by atoms with van der Waals surface area (Å²) in [7, 11) is -4.02. The summed E-state index contributed by atoms with van der Waals surface area (Å²) in [5.74, 6) is 2.61. The van der Waals surface area contributed by atoms with Crippen LogP contribution in [0.5, 0.6) is 0 Å². The molecule has 0 spiro atoms. The molecule has 0 aliphatic heterocycles. The highest BCUT2D eigenvalue weighted by Crippen LogP contribution is 2.64. The molecule has 6 atom stereocenters. The predicted molar refractivity (Wildman–Crippen MR) is 141 cm³/mol. The van der Waals surface area contributed by atoms with Crippen LogP contribution >= 0.6 is 11.8 Å². The fourth-order valence-electron chi connectivity index (χ4n) is 7.39. The number of hydrogen-bond donors (Lipinski definition) is 3. The Kier molecular flexibility index (Phi) is 7.30. The Balaban J connectivity index is 0.000000221. The first-order chi connectivity index (χ1) is 16.3. The average Bonchev–Trinajstić information content (AvgIpc) is 3.08. The standard InChI is InChI=1S/C20H30N2OS.C7H8O3S/c1-19-9-7-13(24-18(21)22)11-12(19)3-4-14-15-5-6-17(23)20(15,2)10-8-16(14)19;1-6-2-4-7(5-3-6)11(8,9)10/h3,13-16H,4-11H2,1-2H3,(H3,21,22);2-5H,1H3,(H,8,9,10). The van der Waals surface area contributed by atoms with E-state index >= 15 is 0 Å². The normalized spacial score (nSPS) is 36.1. The number of aryl methyl sites for hydroxylation is 1. The van der Waals surface area contributed by atoms with Gasteiger partial charge in [-0.05, 0) is 87.2 Å². The highest BCUT2D eigenvalue weighted by atomic mass is 32.2. The number of benzene rings is 1. The third kappa shape index (κ3) is 5.12. The molecule has 4 aliphatic rings. The molecule has 1 aromatic carbocycles. The lowest BCUT2D eigenvalue weighted by Gasteiger charge is -2.57. The molecule has 0 bridgehead atoms. The molecular weight excluding hydrogens is 480 g/mol. The molecule has 3 fully saturated rings. The van der Waals surface area contributed by atoms with Crippen molar-refractivity contribution in [1.29, 1.82) is 5.41 Å². The summed E-state index contributed by atoms with van der Waals surface area (Å²) in [5.41, 5.74) is 8.49. The van der Waals surface area contributed by atoms with Crippen molar-refractivity contribution in [2.24, 2.45) is 34.3 Å². The monoisotopic (exact) mass is 518 g/mol. The number of rotatable bonds is 2. The zero-order chi connectivity index (χ0) is 25.6. The van der Waals surface area contributed by atoms with E-state index in [9.17, 15) is 13.2 Å². The smallest absolute Gasteiger partial charge is 0.294 e. The predicted octanol–water partition coefficient (Wildman–Crippen LogP) is 5.76. The summed E-state index contributed by atoms with van der Waals surface area (Å²) in [6, 6.07) is 5.99. The highest BCUT2D eigenvalue weighted by molar-refractivity contribution is 8.14. The van der Waals surface area contributed by atoms with Crippen LogP contribution in [0.2, 0.25) is 0 Å². The minimum absolute atomic E-state index is 0.0233. The van der Waals surface area contributed by atoms with Gasteiger partial charge in [0.05, 0.1) is 4.90 Å². The summed E-state index contributed by atoms with van der Waals surface area (Å²) in [5, 5.41) is 8.31. The van der Waals surface area contributed by atoms with Gasteiger partial charge in [0.15, 0.2) is 5.17 Å². The van der Waals surface area contributed by atoms with Crippen LogP contribution in [0.4, 0.5) is 0 Å². The second-order valence-corrected chi connectivity index (χ2v) is 14.1. The van der Waals surface area contributed by atoms with Gasteiger partial charge in [0, 0.05) is 17.1 Å². The molecule has 4 N–H and O–H groups in total. The number of allylic oxidation sites excluding steroid dienone is 2. The molecule has 6 nitrogen and oxygen atoms in total. The van der Waals surface area contributed by atoms with Gasteiger partial charge < -0.3 is 5.73 Å². The first-order valence-electron chi connectivity index (χ1n) is 12.6. The first-order valence-corrected chi connectivity index (χ1v) is 14.9. The van der Waals surface area contributed by atoms with Gasteiger partial charge in [0.1, 0.15) is 5.78 Å². The number of thioether (sulfide) groups is 1. The van der Waals surface area contributed by atoms with E-state index in [-0.39, 0.29) is 15.5 Å². The molecule has 0 radical (unpaired) electrons. The van der Waals surface area contributed by atoms with E-state index < -0.39 is 10.1 Å². The summed E-state index contributed by atoms with van der Waals surface area (Å²) in [6.07, 6.45) is 11.4. The van der Waals surface area contributed by atoms with Crippen molar-refractivity contribution < 1.29 is 17.8 Å². The molecule has 1 aromatic rings. The third-order valence-corrected chi connectivity index (χ3v) is 11.2. The van der Waals surface area contributed by atoms with Crippen LogP contribution in [0.1, 0.15) is 70.8 Å². The number of carbonyl (C=O) groups is 1. The lowest BCUT2D eigenvalue weighted by molar-refractivity contribution is -0.131. The molecule has 35 heavy (non-hydrogen) atoms. The van der Waals surface area contributed by atoms with Crippen molar-refractivity contribution in [2.45, 2.75) is 82.3 Å². The van der Waals surface area contributed by atoms with Crippen LogP contribution in [0.15, 0.2) is 40.8 Å². The number of amidine groups is 1. The summed E-state index contributed by atoms with van der Waals surface area (Å²) < 4.78 is 29.6. The van der Waals surface area contributed by atoms with Gasteiger partial charge in [-0.25, -0.2) is 0 Å². The average molecular weight is 519 g/mol. The quantitative estimate of drug-likeness (QED) is 0.198. The van der Waals surface area contributed by atoms with Crippen molar-refractivity contribution in [3.05, 3.63) is 41.5 Å². The van der Waals surface area contributed by atoms with E-state index in [1.165, 1.54) is 37.8 Å². The number of hydrogen-bond acceptors (Lipinski definition) is 5.